The number of hydrogen-bond acceptors (Lipinski definition) is 4. The topological polar surface area (TPSA) is 49.4 Å². The molecule has 2 fully saturated rings. The summed E-state index contributed by atoms with van der Waals surface area (Å²) in [4.78, 5) is 2.37. The van der Waals surface area contributed by atoms with E-state index in [0.29, 0.717) is 23.5 Å². The number of piperidine rings is 1. The fourth-order valence-electron chi connectivity index (χ4n) is 3.32. The number of hydrogen-bond donors (Lipinski definition) is 1. The zero-order chi connectivity index (χ0) is 13.4. The minimum atomic E-state index is -2.81. The Hall–Kier alpha value is -0.130. The highest BCUT2D eigenvalue weighted by molar-refractivity contribution is 7.91. The molecular formula is C13H26N2O2S. The molecule has 18 heavy (non-hydrogen) atoms. The molecule has 5 heteroatoms. The Bertz CT molecular complexity index is 388. The van der Waals surface area contributed by atoms with Gasteiger partial charge in [0.25, 0.3) is 0 Å². The van der Waals surface area contributed by atoms with Crippen molar-refractivity contribution in [3.8, 4) is 0 Å². The van der Waals surface area contributed by atoms with Gasteiger partial charge in [-0.2, -0.15) is 0 Å². The summed E-state index contributed by atoms with van der Waals surface area (Å²) < 4.78 is 23.2. The zero-order valence-electron chi connectivity index (χ0n) is 11.8. The molecule has 2 aliphatic rings. The molecule has 2 heterocycles. The average molecular weight is 274 g/mol. The number of nitrogens with zero attached hydrogens (tertiary/aromatic N) is 1. The molecule has 0 spiro atoms. The standard InChI is InChI=1S/C13H26N2O2S/c1-11(12-4-7-15(3)8-5-12)14-13(2)6-9-18(16,17)10-13/h11-12,14H,4-10H2,1-3H3. The van der Waals surface area contributed by atoms with Crippen molar-refractivity contribution >= 4 is 9.84 Å². The molecule has 106 valence electrons. The maximum atomic E-state index is 11.6. The summed E-state index contributed by atoms with van der Waals surface area (Å²) in [5.74, 6) is 1.33. The predicted molar refractivity (Wildman–Crippen MR) is 74.5 cm³/mol. The minimum absolute atomic E-state index is 0.207. The molecule has 2 unspecified atom stereocenters. The van der Waals surface area contributed by atoms with Gasteiger partial charge in [-0.25, -0.2) is 8.42 Å². The first-order chi connectivity index (χ1) is 8.30. The molecule has 2 atom stereocenters. The lowest BCUT2D eigenvalue weighted by Gasteiger charge is -2.37. The predicted octanol–water partition coefficient (Wildman–Crippen LogP) is 0.884. The fourth-order valence-corrected chi connectivity index (χ4v) is 5.42. The third-order valence-electron chi connectivity index (χ3n) is 4.55. The number of sulfone groups is 1. The number of likely N-dealkylation sites (tertiary alicyclic amines) is 1. The minimum Gasteiger partial charge on any atom is -0.308 e. The quantitative estimate of drug-likeness (QED) is 0.830. The molecule has 0 bridgehead atoms. The van der Waals surface area contributed by atoms with Gasteiger partial charge in [-0.05, 0) is 59.2 Å². The molecule has 0 aliphatic carbocycles. The normalized spacial score (nSPS) is 35.7. The molecule has 0 aromatic carbocycles. The van der Waals surface area contributed by atoms with Gasteiger partial charge in [0, 0.05) is 11.6 Å². The van der Waals surface area contributed by atoms with E-state index in [1.807, 2.05) is 0 Å². The highest BCUT2D eigenvalue weighted by Gasteiger charge is 2.40. The Morgan fingerprint density at radius 1 is 1.33 bits per heavy atom. The Labute approximate surface area is 111 Å². The van der Waals surface area contributed by atoms with E-state index in [1.165, 1.54) is 12.8 Å². The van der Waals surface area contributed by atoms with Crippen molar-refractivity contribution in [2.45, 2.75) is 44.7 Å². The van der Waals surface area contributed by atoms with Gasteiger partial charge in [-0.3, -0.25) is 0 Å². The summed E-state index contributed by atoms with van der Waals surface area (Å²) in [6.45, 7) is 6.59. The van der Waals surface area contributed by atoms with E-state index in [0.717, 1.165) is 19.5 Å². The van der Waals surface area contributed by atoms with Crippen LogP contribution in [0.5, 0.6) is 0 Å². The lowest BCUT2D eigenvalue weighted by molar-refractivity contribution is 0.173. The van der Waals surface area contributed by atoms with Crippen LogP contribution < -0.4 is 5.32 Å². The first kappa shape index (κ1) is 14.3. The van der Waals surface area contributed by atoms with Crippen molar-refractivity contribution < 1.29 is 8.42 Å². The second kappa shape index (κ2) is 5.10. The lowest BCUT2D eigenvalue weighted by Crippen LogP contribution is -2.52. The van der Waals surface area contributed by atoms with Crippen molar-refractivity contribution in [1.29, 1.82) is 0 Å². The molecule has 4 nitrogen and oxygen atoms in total. The van der Waals surface area contributed by atoms with Gasteiger partial charge in [0.1, 0.15) is 0 Å². The van der Waals surface area contributed by atoms with Gasteiger partial charge in [0.2, 0.25) is 0 Å². The van der Waals surface area contributed by atoms with E-state index in [1.54, 1.807) is 0 Å². The SMILES string of the molecule is CC(NC1(C)CCS(=O)(=O)C1)C1CCN(C)CC1. The van der Waals surface area contributed by atoms with E-state index in [4.69, 9.17) is 0 Å². The van der Waals surface area contributed by atoms with Gasteiger partial charge in [-0.15, -0.1) is 0 Å². The van der Waals surface area contributed by atoms with Crippen LogP contribution in [0.2, 0.25) is 0 Å². The number of rotatable bonds is 3. The Kier molecular flexibility index (Phi) is 4.04. The molecule has 0 aromatic heterocycles. The third kappa shape index (κ3) is 3.45. The molecule has 0 saturated carbocycles. The molecular weight excluding hydrogens is 248 g/mol. The second-order valence-electron chi connectivity index (χ2n) is 6.48. The maximum Gasteiger partial charge on any atom is 0.152 e. The summed E-state index contributed by atoms with van der Waals surface area (Å²) in [5.41, 5.74) is -0.207. The molecule has 0 radical (unpaired) electrons. The zero-order valence-corrected chi connectivity index (χ0v) is 12.6. The molecule has 2 aliphatic heterocycles. The van der Waals surface area contributed by atoms with Crippen molar-refractivity contribution in [1.82, 2.24) is 10.2 Å². The Morgan fingerprint density at radius 2 is 1.94 bits per heavy atom. The van der Waals surface area contributed by atoms with E-state index in [2.05, 4.69) is 31.1 Å². The third-order valence-corrected chi connectivity index (χ3v) is 6.45. The van der Waals surface area contributed by atoms with Crippen LogP contribution in [-0.4, -0.2) is 56.5 Å². The summed E-state index contributed by atoms with van der Waals surface area (Å²) in [6.07, 6.45) is 3.19. The molecule has 2 saturated heterocycles. The Balaban J connectivity index is 1.89. The summed E-state index contributed by atoms with van der Waals surface area (Å²) in [5, 5.41) is 3.60. The maximum absolute atomic E-state index is 11.6. The first-order valence-electron chi connectivity index (χ1n) is 6.96. The van der Waals surface area contributed by atoms with Gasteiger partial charge < -0.3 is 10.2 Å². The van der Waals surface area contributed by atoms with Crippen LogP contribution in [-0.2, 0) is 9.84 Å². The van der Waals surface area contributed by atoms with E-state index in [9.17, 15) is 8.42 Å². The largest absolute Gasteiger partial charge is 0.308 e. The van der Waals surface area contributed by atoms with Gasteiger partial charge >= 0.3 is 0 Å². The van der Waals surface area contributed by atoms with E-state index in [-0.39, 0.29) is 5.54 Å². The van der Waals surface area contributed by atoms with Crippen LogP contribution in [0.15, 0.2) is 0 Å². The monoisotopic (exact) mass is 274 g/mol. The summed E-state index contributed by atoms with van der Waals surface area (Å²) in [6, 6.07) is 0.414. The van der Waals surface area contributed by atoms with Crippen LogP contribution in [0.25, 0.3) is 0 Å². The Morgan fingerprint density at radius 3 is 2.44 bits per heavy atom. The van der Waals surface area contributed by atoms with Crippen LogP contribution >= 0.6 is 0 Å². The molecule has 2 rings (SSSR count). The number of nitrogens with one attached hydrogen (secondary N) is 1. The average Bonchev–Trinajstić information content (AvgIpc) is 2.53. The van der Waals surface area contributed by atoms with E-state index < -0.39 is 9.84 Å². The van der Waals surface area contributed by atoms with Crippen molar-refractivity contribution in [2.75, 3.05) is 31.6 Å². The van der Waals surface area contributed by atoms with Crippen LogP contribution in [0.1, 0.15) is 33.1 Å². The molecule has 1 N–H and O–H groups in total. The van der Waals surface area contributed by atoms with Crippen molar-refractivity contribution in [3.63, 3.8) is 0 Å². The lowest BCUT2D eigenvalue weighted by atomic mass is 9.88. The smallest absolute Gasteiger partial charge is 0.152 e. The van der Waals surface area contributed by atoms with Gasteiger partial charge in [-0.1, -0.05) is 0 Å². The van der Waals surface area contributed by atoms with Gasteiger partial charge in [0.05, 0.1) is 11.5 Å². The summed E-state index contributed by atoms with van der Waals surface area (Å²) >= 11 is 0. The molecule has 0 aromatic rings. The molecule has 0 amide bonds. The van der Waals surface area contributed by atoms with Crippen LogP contribution in [0, 0.1) is 5.92 Å². The van der Waals surface area contributed by atoms with Crippen molar-refractivity contribution in [3.05, 3.63) is 0 Å². The van der Waals surface area contributed by atoms with Crippen LogP contribution in [0.3, 0.4) is 0 Å². The first-order valence-corrected chi connectivity index (χ1v) is 8.78. The van der Waals surface area contributed by atoms with Crippen LogP contribution in [0.4, 0.5) is 0 Å². The van der Waals surface area contributed by atoms with Gasteiger partial charge in [0.15, 0.2) is 9.84 Å². The van der Waals surface area contributed by atoms with Crippen molar-refractivity contribution in [2.24, 2.45) is 5.92 Å². The van der Waals surface area contributed by atoms with E-state index >= 15 is 0 Å². The fraction of sp³-hybridized carbons (Fsp3) is 1.00. The second-order valence-corrected chi connectivity index (χ2v) is 8.66. The highest BCUT2D eigenvalue weighted by atomic mass is 32.2. The summed E-state index contributed by atoms with van der Waals surface area (Å²) in [7, 11) is -0.644. The highest BCUT2D eigenvalue weighted by Crippen LogP contribution is 2.27.